The molecule has 2 aromatic carbocycles. The van der Waals surface area contributed by atoms with Crippen LogP contribution in [0.2, 0.25) is 5.02 Å². The lowest BCUT2D eigenvalue weighted by Crippen LogP contribution is -2.44. The molecule has 1 fully saturated rings. The number of carbonyl (C=O) groups is 1. The van der Waals surface area contributed by atoms with Crippen LogP contribution in [0, 0.1) is 11.3 Å². The molecule has 0 radical (unpaired) electrons. The second-order valence-electron chi connectivity index (χ2n) is 8.90. The third-order valence-electron chi connectivity index (χ3n) is 6.97. The zero-order valence-corrected chi connectivity index (χ0v) is 19.6. The normalized spacial score (nSPS) is 16.5. The summed E-state index contributed by atoms with van der Waals surface area (Å²) in [6.07, 6.45) is 5.45. The van der Waals surface area contributed by atoms with Crippen LogP contribution in [0.1, 0.15) is 66.8 Å². The molecule has 4 nitrogen and oxygen atoms in total. The molecular formula is C28H28ClN3O. The molecule has 0 saturated heterocycles. The summed E-state index contributed by atoms with van der Waals surface area (Å²) in [5.74, 6) is 0.167. The maximum atomic E-state index is 13.6. The van der Waals surface area contributed by atoms with Crippen LogP contribution in [0.25, 0.3) is 0 Å². The lowest BCUT2D eigenvalue weighted by molar-refractivity contribution is -0.126. The van der Waals surface area contributed by atoms with Gasteiger partial charge in [0.2, 0.25) is 5.91 Å². The number of nitrogens with one attached hydrogen (secondary N) is 1. The summed E-state index contributed by atoms with van der Waals surface area (Å²) in [6, 6.07) is 23.6. The molecule has 1 aromatic heterocycles. The molecule has 0 bridgehead atoms. The Kier molecular flexibility index (Phi) is 7.11. The van der Waals surface area contributed by atoms with E-state index < -0.39 is 5.41 Å². The van der Waals surface area contributed by atoms with Crippen LogP contribution in [0.4, 0.5) is 0 Å². The maximum Gasteiger partial charge on any atom is 0.232 e. The molecule has 1 N–H and O–H groups in total. The van der Waals surface area contributed by atoms with Gasteiger partial charge in [-0.25, -0.2) is 0 Å². The minimum absolute atomic E-state index is 0.00520. The minimum Gasteiger partial charge on any atom is -0.355 e. The number of nitriles is 1. The van der Waals surface area contributed by atoms with Crippen molar-refractivity contribution < 1.29 is 4.79 Å². The lowest BCUT2D eigenvalue weighted by atomic mass is 9.79. The van der Waals surface area contributed by atoms with Crippen LogP contribution in [-0.4, -0.2) is 17.4 Å². The average Bonchev–Trinajstić information content (AvgIpc) is 3.36. The quantitative estimate of drug-likeness (QED) is 0.464. The largest absolute Gasteiger partial charge is 0.355 e. The standard InChI is InChI=1S/C28H28ClN3O/c1-20(22-10-12-24(29)13-11-22)25(23-8-6-7-21(17-23)18-30)19-32-27(33)28(14-3-4-15-28)26-9-2-5-16-31-26/h2,5-13,16-17,20,25H,3-4,14-15,19H2,1H3,(H,32,33). The Balaban J connectivity index is 1.61. The van der Waals surface area contributed by atoms with Crippen molar-refractivity contribution in [3.05, 3.63) is 100 Å². The van der Waals surface area contributed by atoms with Gasteiger partial charge in [0.1, 0.15) is 0 Å². The molecule has 1 heterocycles. The molecule has 5 heteroatoms. The maximum absolute atomic E-state index is 13.6. The molecule has 2 unspecified atom stereocenters. The average molecular weight is 458 g/mol. The fraction of sp³-hybridized carbons (Fsp3) is 0.321. The van der Waals surface area contributed by atoms with Crippen molar-refractivity contribution in [3.63, 3.8) is 0 Å². The highest BCUT2D eigenvalue weighted by Crippen LogP contribution is 2.41. The smallest absolute Gasteiger partial charge is 0.232 e. The fourth-order valence-electron chi connectivity index (χ4n) is 5.02. The summed E-state index contributed by atoms with van der Waals surface area (Å²) >= 11 is 6.10. The monoisotopic (exact) mass is 457 g/mol. The number of aromatic nitrogens is 1. The summed E-state index contributed by atoms with van der Waals surface area (Å²) in [7, 11) is 0. The number of amides is 1. The Morgan fingerprint density at radius 3 is 2.52 bits per heavy atom. The van der Waals surface area contributed by atoms with Crippen LogP contribution < -0.4 is 5.32 Å². The molecule has 0 aliphatic heterocycles. The van der Waals surface area contributed by atoms with E-state index >= 15 is 0 Å². The van der Waals surface area contributed by atoms with Gasteiger partial charge in [-0.2, -0.15) is 5.26 Å². The van der Waals surface area contributed by atoms with E-state index in [1.165, 1.54) is 0 Å². The highest BCUT2D eigenvalue weighted by molar-refractivity contribution is 6.30. The minimum atomic E-state index is -0.566. The van der Waals surface area contributed by atoms with Crippen molar-refractivity contribution in [2.24, 2.45) is 0 Å². The van der Waals surface area contributed by atoms with Gasteiger partial charge < -0.3 is 5.32 Å². The SMILES string of the molecule is CC(c1ccc(Cl)cc1)C(CNC(=O)C1(c2ccccn2)CCCC1)c1cccc(C#N)c1. The second-order valence-corrected chi connectivity index (χ2v) is 9.33. The van der Waals surface area contributed by atoms with E-state index in [1.54, 1.807) is 12.3 Å². The first-order valence-corrected chi connectivity index (χ1v) is 11.9. The topological polar surface area (TPSA) is 65.8 Å². The molecule has 0 spiro atoms. The van der Waals surface area contributed by atoms with Crippen molar-refractivity contribution in [2.75, 3.05) is 6.54 Å². The first-order chi connectivity index (χ1) is 16.0. The first-order valence-electron chi connectivity index (χ1n) is 11.5. The number of carbonyl (C=O) groups excluding carboxylic acids is 1. The van der Waals surface area contributed by atoms with Gasteiger partial charge in [-0.1, -0.05) is 61.7 Å². The molecule has 2 atom stereocenters. The summed E-state index contributed by atoms with van der Waals surface area (Å²) in [4.78, 5) is 18.2. The van der Waals surface area contributed by atoms with Gasteiger partial charge in [-0.15, -0.1) is 0 Å². The van der Waals surface area contributed by atoms with E-state index in [1.807, 2.05) is 60.7 Å². The molecule has 3 aromatic rings. The van der Waals surface area contributed by atoms with Crippen LogP contribution in [-0.2, 0) is 10.2 Å². The van der Waals surface area contributed by atoms with Crippen molar-refractivity contribution in [2.45, 2.75) is 49.9 Å². The zero-order valence-electron chi connectivity index (χ0n) is 18.8. The highest BCUT2D eigenvalue weighted by Gasteiger charge is 2.44. The van der Waals surface area contributed by atoms with Gasteiger partial charge in [-0.05, 0) is 66.3 Å². The van der Waals surface area contributed by atoms with Gasteiger partial charge in [0.25, 0.3) is 0 Å². The predicted octanol–water partition coefficient (Wildman–Crippen LogP) is 6.12. The van der Waals surface area contributed by atoms with E-state index in [2.05, 4.69) is 23.3 Å². The summed E-state index contributed by atoms with van der Waals surface area (Å²) < 4.78 is 0. The van der Waals surface area contributed by atoms with E-state index in [9.17, 15) is 10.1 Å². The summed E-state index contributed by atoms with van der Waals surface area (Å²) in [6.45, 7) is 2.63. The number of benzene rings is 2. The van der Waals surface area contributed by atoms with Gasteiger partial charge in [0.05, 0.1) is 22.7 Å². The number of hydrogen-bond acceptors (Lipinski definition) is 3. The molecule has 4 rings (SSSR count). The van der Waals surface area contributed by atoms with Crippen LogP contribution in [0.15, 0.2) is 72.9 Å². The van der Waals surface area contributed by atoms with Crippen molar-refractivity contribution in [1.82, 2.24) is 10.3 Å². The number of halogens is 1. The van der Waals surface area contributed by atoms with Gasteiger partial charge in [0, 0.05) is 23.7 Å². The molecule has 1 amide bonds. The second kappa shape index (κ2) is 10.2. The molecule has 1 aliphatic carbocycles. The Hall–Kier alpha value is -3.16. The first kappa shape index (κ1) is 23.0. The zero-order chi connectivity index (χ0) is 23.3. The number of pyridine rings is 1. The third kappa shape index (κ3) is 4.94. The van der Waals surface area contributed by atoms with Gasteiger partial charge in [0.15, 0.2) is 0 Å². The van der Waals surface area contributed by atoms with E-state index in [-0.39, 0.29) is 17.7 Å². The Morgan fingerprint density at radius 2 is 1.85 bits per heavy atom. The van der Waals surface area contributed by atoms with Crippen molar-refractivity contribution in [1.29, 1.82) is 5.26 Å². The van der Waals surface area contributed by atoms with Crippen LogP contribution in [0.3, 0.4) is 0 Å². The van der Waals surface area contributed by atoms with E-state index in [4.69, 9.17) is 11.6 Å². The van der Waals surface area contributed by atoms with Crippen molar-refractivity contribution in [3.8, 4) is 6.07 Å². The van der Waals surface area contributed by atoms with E-state index in [0.29, 0.717) is 17.1 Å². The predicted molar refractivity (Wildman–Crippen MR) is 131 cm³/mol. The Labute approximate surface area is 200 Å². The highest BCUT2D eigenvalue weighted by atomic mass is 35.5. The number of rotatable bonds is 7. The molecular weight excluding hydrogens is 430 g/mol. The van der Waals surface area contributed by atoms with Gasteiger partial charge >= 0.3 is 0 Å². The van der Waals surface area contributed by atoms with E-state index in [0.717, 1.165) is 42.5 Å². The summed E-state index contributed by atoms with van der Waals surface area (Å²) in [5, 5.41) is 13.4. The summed E-state index contributed by atoms with van der Waals surface area (Å²) in [5.41, 5.74) is 3.09. The molecule has 1 saturated carbocycles. The third-order valence-corrected chi connectivity index (χ3v) is 7.22. The van der Waals surface area contributed by atoms with Crippen LogP contribution in [0.5, 0.6) is 0 Å². The van der Waals surface area contributed by atoms with Gasteiger partial charge in [-0.3, -0.25) is 9.78 Å². The molecule has 33 heavy (non-hydrogen) atoms. The lowest BCUT2D eigenvalue weighted by Gasteiger charge is -2.30. The Bertz CT molecular complexity index is 1130. The fourth-order valence-corrected chi connectivity index (χ4v) is 5.14. The number of nitrogens with zero attached hydrogens (tertiary/aromatic N) is 2. The number of hydrogen-bond donors (Lipinski definition) is 1. The van der Waals surface area contributed by atoms with Crippen LogP contribution >= 0.6 is 11.6 Å². The molecule has 1 aliphatic rings. The van der Waals surface area contributed by atoms with Crippen molar-refractivity contribution >= 4 is 17.5 Å². The Morgan fingerprint density at radius 1 is 1.09 bits per heavy atom. The molecule has 168 valence electrons.